The molecule has 4 heterocycles. The zero-order valence-corrected chi connectivity index (χ0v) is 18.5. The topological polar surface area (TPSA) is 143 Å². The van der Waals surface area contributed by atoms with Gasteiger partial charge in [0, 0.05) is 29.8 Å². The molecule has 4 rings (SSSR count). The maximum Gasteiger partial charge on any atom is 0.276 e. The Bertz CT molecular complexity index is 1100. The van der Waals surface area contributed by atoms with Crippen LogP contribution < -0.4 is 11.1 Å². The lowest BCUT2D eigenvalue weighted by Gasteiger charge is -2.45. The fourth-order valence-corrected chi connectivity index (χ4v) is 4.52. The summed E-state index contributed by atoms with van der Waals surface area (Å²) in [7, 11) is 0. The predicted molar refractivity (Wildman–Crippen MR) is 121 cm³/mol. The molecule has 9 nitrogen and oxygen atoms in total. The number of thiazole rings is 1. The molecule has 0 aromatic carbocycles. The summed E-state index contributed by atoms with van der Waals surface area (Å²) in [5, 5.41) is 26.6. The molecule has 5 N–H and O–H groups in total. The van der Waals surface area contributed by atoms with Crippen LogP contribution in [0, 0.1) is 0 Å². The normalized spacial score (nSPS) is 25.4. The lowest BCUT2D eigenvalue weighted by Crippen LogP contribution is -2.56. The molecule has 0 radical (unpaired) electrons. The summed E-state index contributed by atoms with van der Waals surface area (Å²) in [5.41, 5.74) is 6.63. The van der Waals surface area contributed by atoms with Crippen molar-refractivity contribution in [1.82, 2.24) is 15.0 Å². The molecule has 1 fully saturated rings. The highest BCUT2D eigenvalue weighted by Crippen LogP contribution is 2.40. The van der Waals surface area contributed by atoms with Crippen LogP contribution in [0.1, 0.15) is 48.8 Å². The van der Waals surface area contributed by atoms with Gasteiger partial charge in [-0.1, -0.05) is 6.92 Å². The van der Waals surface area contributed by atoms with Crippen molar-refractivity contribution in [3.8, 4) is 10.7 Å². The number of aliphatic hydroxyl groups is 2. The van der Waals surface area contributed by atoms with Crippen molar-refractivity contribution in [3.05, 3.63) is 53.4 Å². The number of hydrogen-bond acceptors (Lipinski definition) is 9. The molecular weight excluding hydrogens is 430 g/mol. The molecule has 4 atom stereocenters. The molecule has 1 saturated heterocycles. The summed E-state index contributed by atoms with van der Waals surface area (Å²) >= 11 is 1.41. The quantitative estimate of drug-likeness (QED) is 0.460. The Morgan fingerprint density at radius 3 is 2.88 bits per heavy atom. The molecule has 1 aliphatic heterocycles. The number of nitrogens with one attached hydrogen (secondary N) is 1. The minimum Gasteiger partial charge on any atom is -0.397 e. The van der Waals surface area contributed by atoms with Crippen molar-refractivity contribution in [3.63, 3.8) is 0 Å². The van der Waals surface area contributed by atoms with E-state index in [0.29, 0.717) is 28.4 Å². The van der Waals surface area contributed by atoms with Gasteiger partial charge in [0.2, 0.25) is 0 Å². The van der Waals surface area contributed by atoms with Gasteiger partial charge in [0.25, 0.3) is 5.91 Å². The van der Waals surface area contributed by atoms with Gasteiger partial charge >= 0.3 is 0 Å². The van der Waals surface area contributed by atoms with Crippen molar-refractivity contribution in [1.29, 1.82) is 0 Å². The molecule has 3 aromatic rings. The van der Waals surface area contributed by atoms with Gasteiger partial charge in [-0.15, -0.1) is 11.3 Å². The number of aliphatic hydroxyl groups excluding tert-OH is 1. The summed E-state index contributed by atoms with van der Waals surface area (Å²) in [6.45, 7) is 3.53. The SMILES string of the molecule is CC[C@]1(O)[C@H](O)C[C@H](c2ccncc2NC(=O)c2nc(-c3nccs3)ccc2N)O[C@@H]1C. The summed E-state index contributed by atoms with van der Waals surface area (Å²) in [6, 6.07) is 5.06. The van der Waals surface area contributed by atoms with Crippen LogP contribution in [0.3, 0.4) is 0 Å². The molecule has 1 aliphatic rings. The number of nitrogen functional groups attached to an aromatic ring is 1. The first-order valence-electron chi connectivity index (χ1n) is 10.3. The number of nitrogens with zero attached hydrogens (tertiary/aromatic N) is 3. The van der Waals surface area contributed by atoms with Crippen LogP contribution in [0.25, 0.3) is 10.7 Å². The van der Waals surface area contributed by atoms with Crippen LogP contribution in [0.15, 0.2) is 42.2 Å². The second-order valence-corrected chi connectivity index (χ2v) is 8.65. The molecule has 0 aliphatic carbocycles. The second kappa shape index (κ2) is 8.91. The molecule has 1 amide bonds. The Morgan fingerprint density at radius 2 is 2.19 bits per heavy atom. The molecule has 0 bridgehead atoms. The number of amides is 1. The number of ether oxygens (including phenoxy) is 1. The molecule has 0 saturated carbocycles. The lowest BCUT2D eigenvalue weighted by molar-refractivity contribution is -0.224. The van der Waals surface area contributed by atoms with Crippen molar-refractivity contribution in [2.24, 2.45) is 0 Å². The molecule has 10 heteroatoms. The standard InChI is InChI=1S/C22H25N5O4S/c1-3-22(30)12(2)31-17(10-18(22)28)13-6-7-24-11-16(13)27-20(29)19-14(23)4-5-15(26-19)21-25-8-9-32-21/h4-9,11-12,17-18,28,30H,3,10,23H2,1-2H3,(H,27,29)/t12-,17-,18-,22-/m1/s1. The van der Waals surface area contributed by atoms with Crippen molar-refractivity contribution in [2.45, 2.75) is 50.6 Å². The lowest BCUT2D eigenvalue weighted by atomic mass is 9.81. The number of aromatic nitrogens is 3. The third kappa shape index (κ3) is 4.09. The number of anilines is 2. The number of carbonyl (C=O) groups is 1. The van der Waals surface area contributed by atoms with Crippen LogP contribution in [-0.4, -0.2) is 48.9 Å². The first-order chi connectivity index (χ1) is 15.3. The van der Waals surface area contributed by atoms with E-state index in [9.17, 15) is 15.0 Å². The smallest absolute Gasteiger partial charge is 0.276 e. The van der Waals surface area contributed by atoms with Crippen LogP contribution in [0.5, 0.6) is 0 Å². The third-order valence-electron chi connectivity index (χ3n) is 5.90. The van der Waals surface area contributed by atoms with Crippen molar-refractivity contribution >= 4 is 28.6 Å². The Hall–Kier alpha value is -2.92. The number of hydrogen-bond donors (Lipinski definition) is 4. The van der Waals surface area contributed by atoms with Gasteiger partial charge in [-0.25, -0.2) is 9.97 Å². The largest absolute Gasteiger partial charge is 0.397 e. The number of nitrogens with two attached hydrogens (primary N) is 1. The van der Waals surface area contributed by atoms with E-state index >= 15 is 0 Å². The highest BCUT2D eigenvalue weighted by molar-refractivity contribution is 7.13. The van der Waals surface area contributed by atoms with Gasteiger partial charge < -0.3 is 26.0 Å². The fraction of sp³-hybridized carbons (Fsp3) is 0.364. The fourth-order valence-electron chi connectivity index (χ4n) is 3.91. The van der Waals surface area contributed by atoms with Gasteiger partial charge in [-0.05, 0) is 31.5 Å². The van der Waals surface area contributed by atoms with E-state index in [1.165, 1.54) is 17.5 Å². The highest BCUT2D eigenvalue weighted by atomic mass is 32.1. The van der Waals surface area contributed by atoms with Crippen molar-refractivity contribution < 1.29 is 19.7 Å². The average molecular weight is 456 g/mol. The Morgan fingerprint density at radius 1 is 1.38 bits per heavy atom. The van der Waals surface area contributed by atoms with E-state index in [1.807, 2.05) is 5.38 Å². The molecule has 3 aromatic heterocycles. The van der Waals surface area contributed by atoms with Gasteiger partial charge in [0.1, 0.15) is 10.6 Å². The average Bonchev–Trinajstić information content (AvgIpc) is 3.32. The van der Waals surface area contributed by atoms with E-state index < -0.39 is 29.8 Å². The highest BCUT2D eigenvalue weighted by Gasteiger charge is 2.47. The molecular formula is C22H25N5O4S. The molecule has 0 spiro atoms. The van der Waals surface area contributed by atoms with Crippen LogP contribution in [0.2, 0.25) is 0 Å². The maximum atomic E-state index is 13.0. The van der Waals surface area contributed by atoms with Crippen molar-refractivity contribution in [2.75, 3.05) is 11.1 Å². The minimum absolute atomic E-state index is 0.0748. The first kappa shape index (κ1) is 22.3. The van der Waals surface area contributed by atoms with E-state index in [1.54, 1.807) is 44.4 Å². The first-order valence-corrected chi connectivity index (χ1v) is 11.2. The van der Waals surface area contributed by atoms with Crippen LogP contribution >= 0.6 is 11.3 Å². The third-order valence-corrected chi connectivity index (χ3v) is 6.69. The van der Waals surface area contributed by atoms with Crippen LogP contribution in [-0.2, 0) is 4.74 Å². The summed E-state index contributed by atoms with van der Waals surface area (Å²) in [5.74, 6) is -0.496. The Balaban J connectivity index is 1.59. The predicted octanol–water partition coefficient (Wildman–Crippen LogP) is 2.79. The van der Waals surface area contributed by atoms with E-state index in [4.69, 9.17) is 10.5 Å². The number of carbonyl (C=O) groups excluding carboxylic acids is 1. The molecule has 168 valence electrons. The minimum atomic E-state index is -1.32. The van der Waals surface area contributed by atoms with Gasteiger partial charge in [0.05, 0.1) is 41.6 Å². The maximum absolute atomic E-state index is 13.0. The molecule has 0 unspecified atom stereocenters. The zero-order chi connectivity index (χ0) is 22.9. The number of rotatable bonds is 5. The number of pyridine rings is 2. The monoisotopic (exact) mass is 455 g/mol. The zero-order valence-electron chi connectivity index (χ0n) is 17.7. The Kier molecular flexibility index (Phi) is 6.20. The van der Waals surface area contributed by atoms with Crippen LogP contribution in [0.4, 0.5) is 11.4 Å². The van der Waals surface area contributed by atoms with Gasteiger partial charge in [0.15, 0.2) is 5.69 Å². The van der Waals surface area contributed by atoms with E-state index in [-0.39, 0.29) is 17.8 Å². The Labute approximate surface area is 189 Å². The van der Waals surface area contributed by atoms with Gasteiger partial charge in [-0.3, -0.25) is 9.78 Å². The van der Waals surface area contributed by atoms with E-state index in [2.05, 4.69) is 20.3 Å². The summed E-state index contributed by atoms with van der Waals surface area (Å²) in [4.78, 5) is 25.8. The summed E-state index contributed by atoms with van der Waals surface area (Å²) < 4.78 is 6.03. The summed E-state index contributed by atoms with van der Waals surface area (Å²) in [6.07, 6.45) is 3.21. The van der Waals surface area contributed by atoms with Gasteiger partial charge in [-0.2, -0.15) is 0 Å². The molecule has 32 heavy (non-hydrogen) atoms. The second-order valence-electron chi connectivity index (χ2n) is 7.75. The van der Waals surface area contributed by atoms with E-state index in [0.717, 1.165) is 0 Å².